The second-order valence-electron chi connectivity index (χ2n) is 5.99. The zero-order valence-electron chi connectivity index (χ0n) is 14.2. The maximum absolute atomic E-state index is 12.7. The summed E-state index contributed by atoms with van der Waals surface area (Å²) in [5, 5.41) is 2.99. The van der Waals surface area contributed by atoms with Crippen molar-refractivity contribution in [1.29, 1.82) is 0 Å². The number of amides is 1. The molecule has 1 aliphatic rings. The Labute approximate surface area is 147 Å². The van der Waals surface area contributed by atoms with Gasteiger partial charge < -0.3 is 10.2 Å². The number of hydrogen-bond acceptors (Lipinski definition) is 6. The first kappa shape index (κ1) is 17.3. The highest BCUT2D eigenvalue weighted by Gasteiger charge is 2.25. The summed E-state index contributed by atoms with van der Waals surface area (Å²) in [5.74, 6) is 1.12. The summed E-state index contributed by atoms with van der Waals surface area (Å²) in [5.41, 5.74) is 2.08. The highest BCUT2D eigenvalue weighted by atomic mass is 32.2. The van der Waals surface area contributed by atoms with Gasteiger partial charge in [-0.1, -0.05) is 12.1 Å². The summed E-state index contributed by atoms with van der Waals surface area (Å²) in [6.45, 7) is 2.35. The minimum atomic E-state index is -3.02. The third-order valence-corrected chi connectivity index (χ3v) is 5.72. The summed E-state index contributed by atoms with van der Waals surface area (Å²) in [6.07, 6.45) is 0. The molecular weight excluding hydrogens is 340 g/mol. The molecule has 25 heavy (non-hydrogen) atoms. The molecule has 1 N–H and O–H groups in total. The van der Waals surface area contributed by atoms with Crippen molar-refractivity contribution in [1.82, 2.24) is 14.9 Å². The average Bonchev–Trinajstić information content (AvgIpc) is 2.60. The van der Waals surface area contributed by atoms with Crippen molar-refractivity contribution in [3.05, 3.63) is 41.6 Å². The fourth-order valence-corrected chi connectivity index (χ4v) is 3.92. The van der Waals surface area contributed by atoms with Crippen LogP contribution in [-0.2, 0) is 9.84 Å². The van der Waals surface area contributed by atoms with E-state index < -0.39 is 9.84 Å². The van der Waals surface area contributed by atoms with Gasteiger partial charge in [0.15, 0.2) is 15.7 Å². The van der Waals surface area contributed by atoms with Crippen LogP contribution in [0.4, 0.5) is 5.82 Å². The molecule has 0 atom stereocenters. The molecule has 1 amide bonds. The number of anilines is 1. The Morgan fingerprint density at radius 1 is 1.16 bits per heavy atom. The van der Waals surface area contributed by atoms with Gasteiger partial charge in [-0.15, -0.1) is 0 Å². The minimum Gasteiger partial charge on any atom is -0.373 e. The fourth-order valence-electron chi connectivity index (χ4n) is 2.72. The van der Waals surface area contributed by atoms with E-state index in [-0.39, 0.29) is 30.5 Å². The average molecular weight is 360 g/mol. The lowest BCUT2D eigenvalue weighted by atomic mass is 10.1. The van der Waals surface area contributed by atoms with Crippen molar-refractivity contribution in [3.63, 3.8) is 0 Å². The van der Waals surface area contributed by atoms with Crippen LogP contribution >= 0.6 is 0 Å². The molecule has 0 saturated carbocycles. The first-order valence-electron chi connectivity index (χ1n) is 8.01. The van der Waals surface area contributed by atoms with Crippen LogP contribution in [0, 0.1) is 6.92 Å². The molecule has 1 fully saturated rings. The van der Waals surface area contributed by atoms with E-state index in [0.29, 0.717) is 17.2 Å². The maximum Gasteiger partial charge on any atom is 0.253 e. The van der Waals surface area contributed by atoms with Crippen molar-refractivity contribution < 1.29 is 13.2 Å². The van der Waals surface area contributed by atoms with Gasteiger partial charge in [0.2, 0.25) is 0 Å². The molecule has 0 bridgehead atoms. The van der Waals surface area contributed by atoms with Crippen molar-refractivity contribution in [2.45, 2.75) is 6.92 Å². The van der Waals surface area contributed by atoms with Gasteiger partial charge in [0.05, 0.1) is 11.5 Å². The van der Waals surface area contributed by atoms with Gasteiger partial charge >= 0.3 is 0 Å². The van der Waals surface area contributed by atoms with Crippen LogP contribution in [0.5, 0.6) is 0 Å². The largest absolute Gasteiger partial charge is 0.373 e. The number of rotatable bonds is 3. The second kappa shape index (κ2) is 6.79. The maximum atomic E-state index is 12.7. The molecule has 0 spiro atoms. The van der Waals surface area contributed by atoms with Crippen molar-refractivity contribution in [2.75, 3.05) is 37.0 Å². The van der Waals surface area contributed by atoms with Gasteiger partial charge in [-0.2, -0.15) is 0 Å². The molecule has 0 aliphatic carbocycles. The SMILES string of the molecule is CNc1cc(C)nc(-c2cccc(C(=O)N3CCS(=O)(=O)CC3)c2)n1. The highest BCUT2D eigenvalue weighted by Crippen LogP contribution is 2.20. The van der Waals surface area contributed by atoms with Crippen molar-refractivity contribution >= 4 is 21.6 Å². The van der Waals surface area contributed by atoms with Gasteiger partial charge in [-0.25, -0.2) is 18.4 Å². The Balaban J connectivity index is 1.87. The van der Waals surface area contributed by atoms with E-state index in [1.165, 1.54) is 0 Å². The Bertz CT molecular complexity index is 898. The van der Waals surface area contributed by atoms with Gasteiger partial charge in [-0.3, -0.25) is 4.79 Å². The van der Waals surface area contributed by atoms with E-state index in [1.807, 2.05) is 19.1 Å². The molecule has 0 radical (unpaired) electrons. The van der Waals surface area contributed by atoms with Crippen molar-refractivity contribution in [2.24, 2.45) is 0 Å². The monoisotopic (exact) mass is 360 g/mol. The number of aromatic nitrogens is 2. The summed E-state index contributed by atoms with van der Waals surface area (Å²) >= 11 is 0. The molecular formula is C17H20N4O3S. The Morgan fingerprint density at radius 2 is 1.88 bits per heavy atom. The molecule has 132 valence electrons. The molecule has 2 aromatic rings. The molecule has 2 heterocycles. The Kier molecular flexibility index (Phi) is 4.71. The van der Waals surface area contributed by atoms with Crippen LogP contribution < -0.4 is 5.32 Å². The minimum absolute atomic E-state index is 0.0188. The molecule has 3 rings (SSSR count). The van der Waals surface area contributed by atoms with Crippen LogP contribution in [0.3, 0.4) is 0 Å². The third kappa shape index (κ3) is 3.96. The molecule has 8 heteroatoms. The molecule has 1 aliphatic heterocycles. The Hall–Kier alpha value is -2.48. The van der Waals surface area contributed by atoms with Gasteiger partial charge in [-0.05, 0) is 19.1 Å². The van der Waals surface area contributed by atoms with E-state index in [0.717, 1.165) is 11.3 Å². The van der Waals surface area contributed by atoms with Crippen LogP contribution in [0.15, 0.2) is 30.3 Å². The number of nitrogens with zero attached hydrogens (tertiary/aromatic N) is 3. The van der Waals surface area contributed by atoms with Crippen LogP contribution in [0.2, 0.25) is 0 Å². The first-order valence-corrected chi connectivity index (χ1v) is 9.84. The number of benzene rings is 1. The standard InChI is InChI=1S/C17H20N4O3S/c1-12-10-15(18-2)20-16(19-12)13-4-3-5-14(11-13)17(22)21-6-8-25(23,24)9-7-21/h3-5,10-11H,6-9H2,1-2H3,(H,18,19,20). The predicted octanol–water partition coefficient (Wildman–Crippen LogP) is 1.36. The van der Waals surface area contributed by atoms with Gasteiger partial charge in [0.25, 0.3) is 5.91 Å². The fraction of sp³-hybridized carbons (Fsp3) is 0.353. The summed E-state index contributed by atoms with van der Waals surface area (Å²) in [7, 11) is -1.23. The topological polar surface area (TPSA) is 92.3 Å². The molecule has 1 aromatic heterocycles. The first-order chi connectivity index (χ1) is 11.9. The van der Waals surface area contributed by atoms with Crippen molar-refractivity contribution in [3.8, 4) is 11.4 Å². The van der Waals surface area contributed by atoms with E-state index in [2.05, 4.69) is 15.3 Å². The summed E-state index contributed by atoms with van der Waals surface area (Å²) in [6, 6.07) is 8.95. The number of carbonyl (C=O) groups excluding carboxylic acids is 1. The van der Waals surface area contributed by atoms with E-state index in [1.54, 1.807) is 30.1 Å². The predicted molar refractivity (Wildman–Crippen MR) is 96.3 cm³/mol. The zero-order valence-corrected chi connectivity index (χ0v) is 15.0. The van der Waals surface area contributed by atoms with E-state index >= 15 is 0 Å². The molecule has 1 aromatic carbocycles. The lowest BCUT2D eigenvalue weighted by Gasteiger charge is -2.26. The number of nitrogens with one attached hydrogen (secondary N) is 1. The summed E-state index contributed by atoms with van der Waals surface area (Å²) in [4.78, 5) is 23.1. The number of hydrogen-bond donors (Lipinski definition) is 1. The quantitative estimate of drug-likeness (QED) is 0.889. The lowest BCUT2D eigenvalue weighted by Crippen LogP contribution is -2.43. The number of aryl methyl sites for hydroxylation is 1. The lowest BCUT2D eigenvalue weighted by molar-refractivity contribution is 0.0770. The van der Waals surface area contributed by atoms with Crippen LogP contribution in [0.1, 0.15) is 16.1 Å². The smallest absolute Gasteiger partial charge is 0.253 e. The number of carbonyl (C=O) groups is 1. The third-order valence-electron chi connectivity index (χ3n) is 4.11. The molecule has 7 nitrogen and oxygen atoms in total. The van der Waals surface area contributed by atoms with Crippen LogP contribution in [-0.4, -0.2) is 60.8 Å². The Morgan fingerprint density at radius 3 is 2.56 bits per heavy atom. The van der Waals surface area contributed by atoms with Gasteiger partial charge in [0.1, 0.15) is 5.82 Å². The molecule has 0 unspecified atom stereocenters. The van der Waals surface area contributed by atoms with Gasteiger partial charge in [0, 0.05) is 43.0 Å². The number of sulfone groups is 1. The zero-order chi connectivity index (χ0) is 18.0. The van der Waals surface area contributed by atoms with E-state index in [4.69, 9.17) is 0 Å². The normalized spacial score (nSPS) is 16.5. The second-order valence-corrected chi connectivity index (χ2v) is 8.30. The van der Waals surface area contributed by atoms with Crippen LogP contribution in [0.25, 0.3) is 11.4 Å². The molecule has 1 saturated heterocycles. The van der Waals surface area contributed by atoms with E-state index in [9.17, 15) is 13.2 Å². The summed E-state index contributed by atoms with van der Waals surface area (Å²) < 4.78 is 23.1. The highest BCUT2D eigenvalue weighted by molar-refractivity contribution is 7.91.